The number of aromatic nitrogens is 2. The first-order chi connectivity index (χ1) is 12.0. The van der Waals surface area contributed by atoms with Crippen LogP contribution in [0.3, 0.4) is 0 Å². The molecule has 2 heterocycles. The summed E-state index contributed by atoms with van der Waals surface area (Å²) in [6.07, 6.45) is 0.441. The number of nitrogens with zero attached hydrogens (tertiary/aromatic N) is 2. The number of aliphatic hydroxyl groups is 1. The van der Waals surface area contributed by atoms with Crippen LogP contribution in [0.4, 0.5) is 4.39 Å². The Hall–Kier alpha value is -2.99. The van der Waals surface area contributed by atoms with Crippen LogP contribution in [0.25, 0.3) is 22.1 Å². The van der Waals surface area contributed by atoms with Crippen molar-refractivity contribution in [2.24, 2.45) is 0 Å². The molecule has 4 aromatic rings. The molecule has 0 saturated carbocycles. The van der Waals surface area contributed by atoms with E-state index in [1.807, 2.05) is 18.2 Å². The van der Waals surface area contributed by atoms with Gasteiger partial charge in [-0.25, -0.2) is 9.37 Å². The third-order valence-corrected chi connectivity index (χ3v) is 4.31. The number of fused-ring (bicyclic) bond motifs is 3. The molecule has 0 spiro atoms. The number of hydrogen-bond donors (Lipinski definition) is 1. The van der Waals surface area contributed by atoms with Gasteiger partial charge < -0.3 is 9.52 Å². The van der Waals surface area contributed by atoms with Gasteiger partial charge in [0.2, 0.25) is 5.58 Å². The maximum absolute atomic E-state index is 13.2. The molecule has 2 aromatic carbocycles. The van der Waals surface area contributed by atoms with Gasteiger partial charge in [-0.2, -0.15) is 0 Å². The SMILES string of the molecule is Cc1cc(F)ccc1C(O)Cn1cnc2c(oc3ccccc32)c1=O. The third-order valence-electron chi connectivity index (χ3n) is 4.31. The monoisotopic (exact) mass is 338 g/mol. The van der Waals surface area contributed by atoms with Crippen molar-refractivity contribution >= 4 is 22.1 Å². The van der Waals surface area contributed by atoms with Gasteiger partial charge >= 0.3 is 0 Å². The molecule has 0 aliphatic heterocycles. The number of aryl methyl sites for hydroxylation is 1. The molecule has 0 radical (unpaired) electrons. The highest BCUT2D eigenvalue weighted by Crippen LogP contribution is 2.25. The van der Waals surface area contributed by atoms with Crippen molar-refractivity contribution in [2.45, 2.75) is 19.6 Å². The average molecular weight is 338 g/mol. The summed E-state index contributed by atoms with van der Waals surface area (Å²) in [5.74, 6) is -0.365. The van der Waals surface area contributed by atoms with E-state index in [4.69, 9.17) is 4.42 Å². The first-order valence-electron chi connectivity index (χ1n) is 7.85. The minimum Gasteiger partial charge on any atom is -0.448 e. The van der Waals surface area contributed by atoms with E-state index in [0.29, 0.717) is 22.2 Å². The van der Waals surface area contributed by atoms with Crippen LogP contribution in [0.2, 0.25) is 0 Å². The molecular weight excluding hydrogens is 323 g/mol. The van der Waals surface area contributed by atoms with Crippen LogP contribution in [0, 0.1) is 12.7 Å². The molecule has 0 fully saturated rings. The number of furan rings is 1. The molecule has 6 heteroatoms. The Balaban J connectivity index is 1.75. The summed E-state index contributed by atoms with van der Waals surface area (Å²) in [4.78, 5) is 17.0. The number of benzene rings is 2. The second-order valence-electron chi connectivity index (χ2n) is 5.99. The smallest absolute Gasteiger partial charge is 0.297 e. The minimum absolute atomic E-state index is 0.00525. The molecule has 0 bridgehead atoms. The van der Waals surface area contributed by atoms with Crippen molar-refractivity contribution in [3.05, 3.63) is 76.1 Å². The molecule has 5 nitrogen and oxygen atoms in total. The van der Waals surface area contributed by atoms with Crippen molar-refractivity contribution in [2.75, 3.05) is 0 Å². The summed E-state index contributed by atoms with van der Waals surface area (Å²) in [5, 5.41) is 11.2. The fourth-order valence-electron chi connectivity index (χ4n) is 3.04. The highest BCUT2D eigenvalue weighted by molar-refractivity contribution is 6.01. The third kappa shape index (κ3) is 2.60. The van der Waals surface area contributed by atoms with Gasteiger partial charge in [-0.15, -0.1) is 0 Å². The van der Waals surface area contributed by atoms with E-state index >= 15 is 0 Å². The van der Waals surface area contributed by atoms with Crippen LogP contribution in [-0.2, 0) is 6.54 Å². The van der Waals surface area contributed by atoms with Crippen molar-refractivity contribution in [1.29, 1.82) is 0 Å². The highest BCUT2D eigenvalue weighted by atomic mass is 19.1. The first kappa shape index (κ1) is 15.5. The lowest BCUT2D eigenvalue weighted by Gasteiger charge is -2.15. The lowest BCUT2D eigenvalue weighted by atomic mass is 10.0. The zero-order chi connectivity index (χ0) is 17.6. The second kappa shape index (κ2) is 5.82. The van der Waals surface area contributed by atoms with Gasteiger partial charge in [-0.1, -0.05) is 18.2 Å². The lowest BCUT2D eigenvalue weighted by Crippen LogP contribution is -2.23. The predicted octanol–water partition coefficient (Wildman–Crippen LogP) is 3.32. The number of aliphatic hydroxyl groups excluding tert-OH is 1. The summed E-state index contributed by atoms with van der Waals surface area (Å²) < 4.78 is 20.1. The fourth-order valence-corrected chi connectivity index (χ4v) is 3.04. The second-order valence-corrected chi connectivity index (χ2v) is 5.99. The van der Waals surface area contributed by atoms with Gasteiger partial charge in [0.25, 0.3) is 5.56 Å². The summed E-state index contributed by atoms with van der Waals surface area (Å²) in [5.41, 5.74) is 2.09. The van der Waals surface area contributed by atoms with Crippen LogP contribution in [0.5, 0.6) is 0 Å². The van der Waals surface area contributed by atoms with Crippen LogP contribution >= 0.6 is 0 Å². The Labute approximate surface area is 142 Å². The lowest BCUT2D eigenvalue weighted by molar-refractivity contribution is 0.154. The van der Waals surface area contributed by atoms with E-state index in [1.54, 1.807) is 13.0 Å². The Morgan fingerprint density at radius 1 is 1.28 bits per heavy atom. The maximum Gasteiger partial charge on any atom is 0.297 e. The van der Waals surface area contributed by atoms with Gasteiger partial charge in [-0.3, -0.25) is 9.36 Å². The summed E-state index contributed by atoms with van der Waals surface area (Å²) in [7, 11) is 0. The van der Waals surface area contributed by atoms with Crippen molar-refractivity contribution in [3.8, 4) is 0 Å². The zero-order valence-electron chi connectivity index (χ0n) is 13.4. The molecule has 25 heavy (non-hydrogen) atoms. The molecule has 1 atom stereocenters. The molecule has 0 aliphatic rings. The number of halogens is 1. The summed E-state index contributed by atoms with van der Waals surface area (Å²) in [6.45, 7) is 1.72. The number of rotatable bonds is 3. The standard InChI is InChI=1S/C19H15FN2O3/c1-11-8-12(20)6-7-13(11)15(23)9-22-10-21-17-14-4-2-3-5-16(14)25-18(17)19(22)24/h2-8,10,15,23H,9H2,1H3. The van der Waals surface area contributed by atoms with Crippen LogP contribution < -0.4 is 5.56 Å². The molecule has 1 N–H and O–H groups in total. The molecule has 1 unspecified atom stereocenters. The Morgan fingerprint density at radius 3 is 2.88 bits per heavy atom. The molecular formula is C19H15FN2O3. The first-order valence-corrected chi connectivity index (χ1v) is 7.85. The zero-order valence-corrected chi connectivity index (χ0v) is 13.4. The Kier molecular flexibility index (Phi) is 3.62. The largest absolute Gasteiger partial charge is 0.448 e. The van der Waals surface area contributed by atoms with E-state index in [9.17, 15) is 14.3 Å². The fraction of sp³-hybridized carbons (Fsp3) is 0.158. The van der Waals surface area contributed by atoms with Crippen LogP contribution in [0.1, 0.15) is 17.2 Å². The average Bonchev–Trinajstić information content (AvgIpc) is 2.97. The van der Waals surface area contributed by atoms with E-state index in [0.717, 1.165) is 5.39 Å². The quantitative estimate of drug-likeness (QED) is 0.622. The number of para-hydroxylation sites is 1. The van der Waals surface area contributed by atoms with Crippen LogP contribution in [-0.4, -0.2) is 14.7 Å². The van der Waals surface area contributed by atoms with Gasteiger partial charge in [0, 0.05) is 5.39 Å². The van der Waals surface area contributed by atoms with Crippen molar-refractivity contribution in [3.63, 3.8) is 0 Å². The van der Waals surface area contributed by atoms with Gasteiger partial charge in [0.1, 0.15) is 16.9 Å². The summed E-state index contributed by atoms with van der Waals surface area (Å²) >= 11 is 0. The van der Waals surface area contributed by atoms with E-state index in [2.05, 4.69) is 4.98 Å². The van der Waals surface area contributed by atoms with Crippen molar-refractivity contribution in [1.82, 2.24) is 9.55 Å². The topological polar surface area (TPSA) is 68.3 Å². The minimum atomic E-state index is -0.957. The van der Waals surface area contributed by atoms with Crippen LogP contribution in [0.15, 0.2) is 58.0 Å². The Bertz CT molecular complexity index is 1150. The summed E-state index contributed by atoms with van der Waals surface area (Å²) in [6, 6.07) is 11.5. The van der Waals surface area contributed by atoms with E-state index < -0.39 is 6.10 Å². The number of hydrogen-bond acceptors (Lipinski definition) is 4. The predicted molar refractivity (Wildman–Crippen MR) is 91.9 cm³/mol. The normalized spacial score (nSPS) is 12.8. The molecule has 2 aromatic heterocycles. The molecule has 0 amide bonds. The van der Waals surface area contributed by atoms with Gasteiger partial charge in [0.15, 0.2) is 0 Å². The molecule has 126 valence electrons. The van der Waals surface area contributed by atoms with Gasteiger partial charge in [-0.05, 0) is 42.3 Å². The van der Waals surface area contributed by atoms with E-state index in [-0.39, 0.29) is 23.5 Å². The highest BCUT2D eigenvalue weighted by Gasteiger charge is 2.16. The Morgan fingerprint density at radius 2 is 2.08 bits per heavy atom. The van der Waals surface area contributed by atoms with Gasteiger partial charge in [0.05, 0.1) is 19.0 Å². The molecule has 0 aliphatic carbocycles. The van der Waals surface area contributed by atoms with E-state index in [1.165, 1.54) is 29.1 Å². The van der Waals surface area contributed by atoms with Crippen molar-refractivity contribution < 1.29 is 13.9 Å². The maximum atomic E-state index is 13.2. The molecule has 4 rings (SSSR count). The molecule has 0 saturated heterocycles.